The van der Waals surface area contributed by atoms with Crippen molar-refractivity contribution < 1.29 is 14.7 Å². The van der Waals surface area contributed by atoms with Gasteiger partial charge in [0.2, 0.25) is 0 Å². The summed E-state index contributed by atoms with van der Waals surface area (Å²) in [7, 11) is 0. The number of carbonyl (C=O) groups excluding carboxylic acids is 1. The lowest BCUT2D eigenvalue weighted by atomic mass is 9.69. The average molecular weight is 371 g/mol. The highest BCUT2D eigenvalue weighted by Gasteiger charge is 2.38. The minimum absolute atomic E-state index is 0.0327. The summed E-state index contributed by atoms with van der Waals surface area (Å²) in [6.45, 7) is 0. The van der Waals surface area contributed by atoms with Crippen LogP contribution in [-0.4, -0.2) is 32.1 Å². The third-order valence-corrected chi connectivity index (χ3v) is 5.01. The van der Waals surface area contributed by atoms with Crippen LogP contribution in [-0.2, 0) is 16.6 Å². The van der Waals surface area contributed by atoms with E-state index in [4.69, 9.17) is 0 Å². The molecule has 0 fully saturated rings. The summed E-state index contributed by atoms with van der Waals surface area (Å²) in [5.74, 6) is -1.10. The van der Waals surface area contributed by atoms with Crippen LogP contribution in [0.5, 0.6) is 0 Å². The van der Waals surface area contributed by atoms with E-state index >= 15 is 0 Å². The minimum Gasteiger partial charge on any atom is -0.476 e. The quantitative estimate of drug-likeness (QED) is 0.550. The van der Waals surface area contributed by atoms with Gasteiger partial charge in [-0.05, 0) is 23.3 Å². The molecule has 1 unspecified atom stereocenters. The molecule has 6 heteroatoms. The maximum atomic E-state index is 11.6. The van der Waals surface area contributed by atoms with Gasteiger partial charge in [0, 0.05) is 36.0 Å². The van der Waals surface area contributed by atoms with Crippen molar-refractivity contribution in [2.75, 3.05) is 0 Å². The average Bonchev–Trinajstić information content (AvgIpc) is 3.11. The molecule has 1 atom stereocenters. The molecule has 0 bridgehead atoms. The number of carboxylic acid groups (broad SMARTS) is 1. The molecule has 2 aromatic heterocycles. The Bertz CT molecular complexity index is 1040. The summed E-state index contributed by atoms with van der Waals surface area (Å²) in [6, 6.07) is 13.9. The van der Waals surface area contributed by atoms with Crippen molar-refractivity contribution in [1.29, 1.82) is 0 Å². The molecule has 1 aliphatic carbocycles. The van der Waals surface area contributed by atoms with Gasteiger partial charge in [-0.25, -0.2) is 9.48 Å². The molecule has 138 valence electrons. The largest absolute Gasteiger partial charge is 0.476 e. The Balaban J connectivity index is 1.95. The first-order valence-corrected chi connectivity index (χ1v) is 8.77. The molecular formula is C22H17N3O3. The van der Waals surface area contributed by atoms with Crippen LogP contribution >= 0.6 is 0 Å². The fourth-order valence-corrected chi connectivity index (χ4v) is 3.71. The number of rotatable bonds is 5. The molecule has 4 rings (SSSR count). The second-order valence-corrected chi connectivity index (χ2v) is 6.53. The zero-order chi connectivity index (χ0) is 19.6. The Labute approximate surface area is 161 Å². The SMILES string of the molecule is O=CC=Cn1nc(C(=O)O)c2c1CC(c1ccccc1)(c1cccnc1)C=C2. The highest BCUT2D eigenvalue weighted by Crippen LogP contribution is 2.42. The van der Waals surface area contributed by atoms with Crippen LogP contribution in [0.1, 0.15) is 32.9 Å². The number of benzene rings is 1. The molecule has 28 heavy (non-hydrogen) atoms. The predicted molar refractivity (Wildman–Crippen MR) is 105 cm³/mol. The predicted octanol–water partition coefficient (Wildman–Crippen LogP) is 3.20. The molecular weight excluding hydrogens is 354 g/mol. The molecule has 1 N–H and O–H groups in total. The summed E-state index contributed by atoms with van der Waals surface area (Å²) >= 11 is 0. The maximum absolute atomic E-state index is 11.6. The van der Waals surface area contributed by atoms with Gasteiger partial charge in [-0.3, -0.25) is 9.78 Å². The number of aromatic nitrogens is 3. The number of hydrogen-bond donors (Lipinski definition) is 1. The van der Waals surface area contributed by atoms with E-state index in [1.54, 1.807) is 12.3 Å². The lowest BCUT2D eigenvalue weighted by Gasteiger charge is -2.34. The van der Waals surface area contributed by atoms with E-state index < -0.39 is 11.4 Å². The third kappa shape index (κ3) is 2.85. The molecule has 3 aromatic rings. The topological polar surface area (TPSA) is 85.1 Å². The molecule has 0 amide bonds. The number of nitrogens with zero attached hydrogens (tertiary/aromatic N) is 3. The Morgan fingerprint density at radius 2 is 1.93 bits per heavy atom. The van der Waals surface area contributed by atoms with E-state index in [0.29, 0.717) is 18.3 Å². The highest BCUT2D eigenvalue weighted by molar-refractivity contribution is 5.91. The van der Waals surface area contributed by atoms with E-state index in [-0.39, 0.29) is 5.69 Å². The van der Waals surface area contributed by atoms with Crippen molar-refractivity contribution in [2.45, 2.75) is 11.8 Å². The number of pyridine rings is 1. The van der Waals surface area contributed by atoms with Gasteiger partial charge >= 0.3 is 5.97 Å². The van der Waals surface area contributed by atoms with Gasteiger partial charge < -0.3 is 5.11 Å². The Hall–Kier alpha value is -3.80. The standard InChI is InChI=1S/C22H17N3O3/c26-13-5-12-25-19-14-22(16-6-2-1-3-7-16,17-8-4-11-23-15-17)10-9-18(19)20(24-25)21(27)28/h1-13,15H,14H2,(H,27,28). The van der Waals surface area contributed by atoms with Crippen LogP contribution in [0.4, 0.5) is 0 Å². The van der Waals surface area contributed by atoms with Gasteiger partial charge in [-0.15, -0.1) is 0 Å². The number of fused-ring (bicyclic) bond motifs is 1. The summed E-state index contributed by atoms with van der Waals surface area (Å²) in [5, 5.41) is 13.7. The first-order chi connectivity index (χ1) is 13.7. The van der Waals surface area contributed by atoms with E-state index in [1.165, 1.54) is 17.0 Å². The number of carboxylic acids is 1. The van der Waals surface area contributed by atoms with Crippen LogP contribution in [0.15, 0.2) is 67.0 Å². The van der Waals surface area contributed by atoms with Crippen LogP contribution < -0.4 is 0 Å². The van der Waals surface area contributed by atoms with E-state index in [1.807, 2.05) is 54.7 Å². The number of hydrogen-bond acceptors (Lipinski definition) is 4. The van der Waals surface area contributed by atoms with Crippen LogP contribution in [0, 0.1) is 0 Å². The molecule has 6 nitrogen and oxygen atoms in total. The molecule has 0 saturated carbocycles. The molecule has 0 saturated heterocycles. The number of aromatic carboxylic acids is 1. The Morgan fingerprint density at radius 1 is 1.14 bits per heavy atom. The molecule has 0 spiro atoms. The van der Waals surface area contributed by atoms with Crippen molar-refractivity contribution in [3.8, 4) is 0 Å². The van der Waals surface area contributed by atoms with Gasteiger partial charge in [-0.2, -0.15) is 5.10 Å². The van der Waals surface area contributed by atoms with Gasteiger partial charge in [0.15, 0.2) is 5.69 Å². The first-order valence-electron chi connectivity index (χ1n) is 8.77. The van der Waals surface area contributed by atoms with Crippen molar-refractivity contribution >= 4 is 24.5 Å². The summed E-state index contributed by atoms with van der Waals surface area (Å²) < 4.78 is 1.48. The van der Waals surface area contributed by atoms with E-state index in [0.717, 1.165) is 16.8 Å². The summed E-state index contributed by atoms with van der Waals surface area (Å²) in [4.78, 5) is 26.7. The zero-order valence-electron chi connectivity index (χ0n) is 14.9. The molecule has 1 aliphatic rings. The van der Waals surface area contributed by atoms with Crippen molar-refractivity contribution in [2.24, 2.45) is 0 Å². The Morgan fingerprint density at radius 3 is 2.61 bits per heavy atom. The van der Waals surface area contributed by atoms with Crippen LogP contribution in [0.3, 0.4) is 0 Å². The monoisotopic (exact) mass is 371 g/mol. The highest BCUT2D eigenvalue weighted by atomic mass is 16.4. The smallest absolute Gasteiger partial charge is 0.357 e. The molecule has 2 heterocycles. The lowest BCUT2D eigenvalue weighted by Crippen LogP contribution is -2.31. The van der Waals surface area contributed by atoms with Crippen molar-refractivity contribution in [3.05, 3.63) is 95.1 Å². The lowest BCUT2D eigenvalue weighted by molar-refractivity contribution is -0.104. The van der Waals surface area contributed by atoms with Crippen molar-refractivity contribution in [1.82, 2.24) is 14.8 Å². The van der Waals surface area contributed by atoms with Gasteiger partial charge in [0.1, 0.15) is 6.29 Å². The van der Waals surface area contributed by atoms with Crippen LogP contribution in [0.25, 0.3) is 12.3 Å². The number of carbonyl (C=O) groups is 2. The first kappa shape index (κ1) is 17.6. The Kier molecular flexibility index (Phi) is 4.45. The minimum atomic E-state index is -1.10. The van der Waals surface area contributed by atoms with E-state index in [2.05, 4.69) is 10.1 Å². The third-order valence-electron chi connectivity index (χ3n) is 5.01. The van der Waals surface area contributed by atoms with Gasteiger partial charge in [0.05, 0.1) is 5.69 Å². The molecule has 1 aromatic carbocycles. The van der Waals surface area contributed by atoms with Crippen molar-refractivity contribution in [3.63, 3.8) is 0 Å². The normalized spacial score (nSPS) is 18.1. The molecule has 0 aliphatic heterocycles. The maximum Gasteiger partial charge on any atom is 0.357 e. The summed E-state index contributed by atoms with van der Waals surface area (Å²) in [5.41, 5.74) is 2.78. The fourth-order valence-electron chi connectivity index (χ4n) is 3.71. The van der Waals surface area contributed by atoms with Crippen LogP contribution in [0.2, 0.25) is 0 Å². The fraction of sp³-hybridized carbons (Fsp3) is 0.0909. The van der Waals surface area contributed by atoms with Gasteiger partial charge in [-0.1, -0.05) is 48.6 Å². The van der Waals surface area contributed by atoms with E-state index in [9.17, 15) is 14.7 Å². The second kappa shape index (κ2) is 7.08. The molecule has 0 radical (unpaired) electrons. The zero-order valence-corrected chi connectivity index (χ0v) is 14.9. The number of allylic oxidation sites excluding steroid dienone is 2. The second-order valence-electron chi connectivity index (χ2n) is 6.53. The number of aldehydes is 1. The summed E-state index contributed by atoms with van der Waals surface area (Å²) in [6.07, 6.45) is 11.3. The van der Waals surface area contributed by atoms with Gasteiger partial charge in [0.25, 0.3) is 0 Å².